The van der Waals surface area contributed by atoms with Gasteiger partial charge in [-0.15, -0.1) is 11.3 Å². The summed E-state index contributed by atoms with van der Waals surface area (Å²) in [6.45, 7) is 6.37. The molecule has 0 saturated carbocycles. The Morgan fingerprint density at radius 3 is 2.76 bits per heavy atom. The third kappa shape index (κ3) is 3.81. The van der Waals surface area contributed by atoms with Gasteiger partial charge in [0.05, 0.1) is 24.4 Å². The molecule has 0 spiro atoms. The first kappa shape index (κ1) is 15.5. The minimum absolute atomic E-state index is 0.00393. The summed E-state index contributed by atoms with van der Waals surface area (Å²) >= 11 is 1.36. The zero-order chi connectivity index (χ0) is 15.6. The molecule has 0 radical (unpaired) electrons. The minimum Gasteiger partial charge on any atom is -0.375 e. The van der Waals surface area contributed by atoms with Gasteiger partial charge in [-0.1, -0.05) is 19.0 Å². The van der Waals surface area contributed by atoms with Gasteiger partial charge in [0.15, 0.2) is 10.9 Å². The fourth-order valence-electron chi connectivity index (χ4n) is 1.88. The van der Waals surface area contributed by atoms with E-state index in [1.807, 2.05) is 26.8 Å². The van der Waals surface area contributed by atoms with E-state index < -0.39 is 0 Å². The number of nitrogens with two attached hydrogens (primary N) is 1. The molecule has 2 rings (SSSR count). The molecule has 1 amide bonds. The molecule has 6 nitrogen and oxygen atoms in total. The number of nitrogen functional groups attached to an aromatic ring is 1. The second-order valence-electron chi connectivity index (χ2n) is 5.36. The third-order valence-electron chi connectivity index (χ3n) is 3.21. The van der Waals surface area contributed by atoms with Crippen molar-refractivity contribution in [2.24, 2.45) is 0 Å². The van der Waals surface area contributed by atoms with Crippen molar-refractivity contribution in [3.05, 3.63) is 28.1 Å². The highest BCUT2D eigenvalue weighted by molar-refractivity contribution is 7.15. The quantitative estimate of drug-likeness (QED) is 0.916. The van der Waals surface area contributed by atoms with Crippen molar-refractivity contribution in [2.75, 3.05) is 12.8 Å². The van der Waals surface area contributed by atoms with Crippen molar-refractivity contribution in [3.8, 4) is 0 Å². The summed E-state index contributed by atoms with van der Waals surface area (Å²) in [5.41, 5.74) is 7.37. The Morgan fingerprint density at radius 1 is 1.52 bits per heavy atom. The fourth-order valence-corrected chi connectivity index (χ4v) is 2.71. The number of hydrogen-bond donors (Lipinski definition) is 1. The lowest BCUT2D eigenvalue weighted by atomic mass is 10.1. The van der Waals surface area contributed by atoms with Crippen LogP contribution in [0.5, 0.6) is 0 Å². The van der Waals surface area contributed by atoms with Crippen molar-refractivity contribution >= 4 is 22.4 Å². The molecular formula is C14H20N4O2S. The average Bonchev–Trinajstić information content (AvgIpc) is 2.97. The fraction of sp³-hybridized carbons (Fsp3) is 0.500. The number of rotatable bonds is 5. The van der Waals surface area contributed by atoms with E-state index in [0.29, 0.717) is 29.8 Å². The molecule has 0 saturated heterocycles. The normalized spacial score (nSPS) is 11.1. The molecule has 0 aliphatic carbocycles. The van der Waals surface area contributed by atoms with Crippen molar-refractivity contribution in [1.29, 1.82) is 0 Å². The highest BCUT2D eigenvalue weighted by Crippen LogP contribution is 2.21. The molecule has 114 valence electrons. The number of carbonyl (C=O) groups is 1. The van der Waals surface area contributed by atoms with Crippen molar-refractivity contribution in [3.63, 3.8) is 0 Å². The van der Waals surface area contributed by atoms with Crippen LogP contribution in [0.1, 0.15) is 41.8 Å². The van der Waals surface area contributed by atoms with E-state index in [4.69, 9.17) is 10.3 Å². The Kier molecular flexibility index (Phi) is 4.62. The number of carbonyl (C=O) groups excluding carboxylic acids is 1. The van der Waals surface area contributed by atoms with E-state index in [-0.39, 0.29) is 5.91 Å². The number of likely N-dealkylation sites (N-methyl/N-ethyl adjacent to an activating group) is 1. The molecule has 21 heavy (non-hydrogen) atoms. The molecule has 2 aromatic heterocycles. The molecule has 2 heterocycles. The largest absolute Gasteiger partial charge is 0.375 e. The van der Waals surface area contributed by atoms with Gasteiger partial charge in [-0.3, -0.25) is 4.79 Å². The average molecular weight is 308 g/mol. The Bertz CT molecular complexity index is 633. The minimum atomic E-state index is 0.00393. The number of anilines is 1. The van der Waals surface area contributed by atoms with E-state index in [9.17, 15) is 4.79 Å². The first-order valence-corrected chi connectivity index (χ1v) is 7.59. The molecule has 0 bridgehead atoms. The van der Waals surface area contributed by atoms with Crippen LogP contribution < -0.4 is 5.73 Å². The number of nitrogens with zero attached hydrogens (tertiary/aromatic N) is 3. The van der Waals surface area contributed by atoms with E-state index in [2.05, 4.69) is 10.1 Å². The lowest BCUT2D eigenvalue weighted by Gasteiger charge is -2.14. The zero-order valence-corrected chi connectivity index (χ0v) is 13.5. The van der Waals surface area contributed by atoms with Gasteiger partial charge in [0.25, 0.3) is 0 Å². The van der Waals surface area contributed by atoms with Crippen LogP contribution in [0, 0.1) is 6.92 Å². The first-order valence-electron chi connectivity index (χ1n) is 6.78. The maximum absolute atomic E-state index is 12.2. The second kappa shape index (κ2) is 6.26. The van der Waals surface area contributed by atoms with Crippen molar-refractivity contribution < 1.29 is 9.32 Å². The molecule has 0 unspecified atom stereocenters. The maximum Gasteiger partial charge on any atom is 0.228 e. The summed E-state index contributed by atoms with van der Waals surface area (Å²) in [5, 5.41) is 4.49. The highest BCUT2D eigenvalue weighted by Gasteiger charge is 2.16. The summed E-state index contributed by atoms with van der Waals surface area (Å²) < 4.78 is 5.25. The Labute approximate surface area is 127 Å². The summed E-state index contributed by atoms with van der Waals surface area (Å²) in [6.07, 6.45) is 0.308. The topological polar surface area (TPSA) is 85.2 Å². The summed E-state index contributed by atoms with van der Waals surface area (Å²) in [6, 6.07) is 1.89. The van der Waals surface area contributed by atoms with Gasteiger partial charge < -0.3 is 15.2 Å². The number of hydrogen-bond acceptors (Lipinski definition) is 6. The van der Waals surface area contributed by atoms with Crippen LogP contribution in [-0.4, -0.2) is 28.0 Å². The van der Waals surface area contributed by atoms with Gasteiger partial charge in [-0.05, 0) is 12.8 Å². The molecular weight excluding hydrogens is 288 g/mol. The highest BCUT2D eigenvalue weighted by atomic mass is 32.1. The standard InChI is InChI=1S/C14H20N4O2S/c1-8(2)11-5-10(20-17-11)7-18(4)13(19)6-12-9(3)16-14(15)21-12/h5,8H,6-7H2,1-4H3,(H2,15,16). The SMILES string of the molecule is Cc1nc(N)sc1CC(=O)N(C)Cc1cc(C(C)C)no1. The van der Waals surface area contributed by atoms with Crippen molar-refractivity contribution in [1.82, 2.24) is 15.0 Å². The molecule has 0 aliphatic heterocycles. The third-order valence-corrected chi connectivity index (χ3v) is 4.20. The van der Waals surface area contributed by atoms with Crippen LogP contribution in [-0.2, 0) is 17.8 Å². The number of aryl methyl sites for hydroxylation is 1. The summed E-state index contributed by atoms with van der Waals surface area (Å²) in [4.78, 5) is 18.9. The molecule has 2 aromatic rings. The van der Waals surface area contributed by atoms with E-state index in [1.54, 1.807) is 11.9 Å². The summed E-state index contributed by atoms with van der Waals surface area (Å²) in [5.74, 6) is 1.01. The van der Waals surface area contributed by atoms with E-state index in [1.165, 1.54) is 11.3 Å². The van der Waals surface area contributed by atoms with Crippen molar-refractivity contribution in [2.45, 2.75) is 39.7 Å². The Balaban J connectivity index is 1.97. The molecule has 0 aromatic carbocycles. The smallest absolute Gasteiger partial charge is 0.228 e. The predicted molar refractivity (Wildman–Crippen MR) is 82.0 cm³/mol. The first-order chi connectivity index (χ1) is 9.86. The lowest BCUT2D eigenvalue weighted by Crippen LogP contribution is -2.27. The van der Waals surface area contributed by atoms with Crippen LogP contribution in [0.15, 0.2) is 10.6 Å². The van der Waals surface area contributed by atoms with Gasteiger partial charge in [0.1, 0.15) is 0 Å². The lowest BCUT2D eigenvalue weighted by molar-refractivity contribution is -0.129. The second-order valence-corrected chi connectivity index (χ2v) is 6.48. The van der Waals surface area contributed by atoms with Gasteiger partial charge >= 0.3 is 0 Å². The molecule has 0 atom stereocenters. The van der Waals surface area contributed by atoms with Gasteiger partial charge in [0, 0.05) is 18.0 Å². The summed E-state index contributed by atoms with van der Waals surface area (Å²) in [7, 11) is 1.75. The van der Waals surface area contributed by atoms with Gasteiger partial charge in [-0.2, -0.15) is 0 Å². The molecule has 0 fully saturated rings. The van der Waals surface area contributed by atoms with Crippen LogP contribution in [0.4, 0.5) is 5.13 Å². The monoisotopic (exact) mass is 308 g/mol. The van der Waals surface area contributed by atoms with Crippen LogP contribution in [0.25, 0.3) is 0 Å². The van der Waals surface area contributed by atoms with E-state index in [0.717, 1.165) is 16.3 Å². The Hall–Kier alpha value is -1.89. The number of amides is 1. The van der Waals surface area contributed by atoms with Gasteiger partial charge in [-0.25, -0.2) is 4.98 Å². The number of thiazole rings is 1. The molecule has 0 aliphatic rings. The molecule has 2 N–H and O–H groups in total. The Morgan fingerprint density at radius 2 is 2.24 bits per heavy atom. The maximum atomic E-state index is 12.2. The van der Waals surface area contributed by atoms with Crippen LogP contribution in [0.3, 0.4) is 0 Å². The van der Waals surface area contributed by atoms with Crippen LogP contribution in [0.2, 0.25) is 0 Å². The van der Waals surface area contributed by atoms with Crippen LogP contribution >= 0.6 is 11.3 Å². The van der Waals surface area contributed by atoms with Gasteiger partial charge in [0.2, 0.25) is 5.91 Å². The zero-order valence-electron chi connectivity index (χ0n) is 12.7. The predicted octanol–water partition coefficient (Wildman–Crippen LogP) is 2.35. The number of aromatic nitrogens is 2. The van der Waals surface area contributed by atoms with E-state index >= 15 is 0 Å². The molecule has 7 heteroatoms.